The van der Waals surface area contributed by atoms with Crippen molar-refractivity contribution in [3.63, 3.8) is 0 Å². The Morgan fingerprint density at radius 2 is 1.59 bits per heavy atom. The van der Waals surface area contributed by atoms with Gasteiger partial charge >= 0.3 is 12.5 Å². The molecule has 2 N–H and O–H groups in total. The third-order valence-corrected chi connectivity index (χ3v) is 13.1. The van der Waals surface area contributed by atoms with E-state index in [2.05, 4.69) is 24.7 Å². The van der Waals surface area contributed by atoms with E-state index in [9.17, 15) is 33.0 Å². The van der Waals surface area contributed by atoms with E-state index >= 15 is 0 Å². The van der Waals surface area contributed by atoms with Gasteiger partial charge in [0.25, 0.3) is 0 Å². The van der Waals surface area contributed by atoms with Gasteiger partial charge in [-0.15, -0.1) is 13.2 Å². The maximum absolute atomic E-state index is 14.5. The van der Waals surface area contributed by atoms with Crippen molar-refractivity contribution < 1.29 is 42.4 Å². The summed E-state index contributed by atoms with van der Waals surface area (Å²) >= 11 is 0. The van der Waals surface area contributed by atoms with Crippen LogP contribution in [0.5, 0.6) is 11.5 Å². The van der Waals surface area contributed by atoms with Crippen molar-refractivity contribution in [3.8, 4) is 11.5 Å². The number of carbonyl (C=O) groups is 2. The first-order valence-electron chi connectivity index (χ1n) is 20.7. The number of ketones is 1. The maximum Gasteiger partial charge on any atom is 0.573 e. The third-order valence-electron chi connectivity index (χ3n) is 13.1. The van der Waals surface area contributed by atoms with E-state index in [1.807, 2.05) is 48.5 Å². The third kappa shape index (κ3) is 9.45. The molecular formula is C48H54F3NO6. The van der Waals surface area contributed by atoms with Crippen molar-refractivity contribution >= 4 is 22.6 Å². The van der Waals surface area contributed by atoms with E-state index in [1.54, 1.807) is 12.1 Å². The van der Waals surface area contributed by atoms with Crippen LogP contribution in [0.3, 0.4) is 0 Å². The molecule has 0 heterocycles. The van der Waals surface area contributed by atoms with Gasteiger partial charge in [-0.1, -0.05) is 92.4 Å². The molecule has 10 heteroatoms. The molecular weight excluding hydrogens is 744 g/mol. The molecule has 7 nitrogen and oxygen atoms in total. The molecule has 308 valence electrons. The molecule has 2 saturated carbocycles. The number of amides is 1. The Bertz CT molecular complexity index is 2130. The number of hydrogen-bond acceptors (Lipinski definition) is 6. The Labute approximate surface area is 338 Å². The number of allylic oxidation sites excluding steroid dienone is 2. The van der Waals surface area contributed by atoms with E-state index in [4.69, 9.17) is 4.74 Å². The van der Waals surface area contributed by atoms with Crippen LogP contribution < -0.4 is 9.47 Å². The molecule has 4 aromatic rings. The summed E-state index contributed by atoms with van der Waals surface area (Å²) in [6, 6.07) is 24.4. The van der Waals surface area contributed by atoms with Gasteiger partial charge in [-0.3, -0.25) is 4.79 Å². The fraction of sp³-hybridized carbons (Fsp3) is 0.458. The van der Waals surface area contributed by atoms with Crippen molar-refractivity contribution in [1.82, 2.24) is 4.90 Å². The lowest BCUT2D eigenvalue weighted by atomic mass is 9.64. The zero-order valence-electron chi connectivity index (χ0n) is 33.4. The minimum absolute atomic E-state index is 0.0524. The SMILES string of the molecule is CC1=CCC[C@@]2(C)[C@@H](CC[C@@]2(O)CN(Cc2ccc(OC(F)(F)F)cc2)C(=O)Oc2ccc3ccccc3c2)c2ccc(cc2C(=O)C2CCCCC2)C[C@@H](O)CC1. The van der Waals surface area contributed by atoms with E-state index in [0.29, 0.717) is 55.4 Å². The lowest BCUT2D eigenvalue weighted by Crippen LogP contribution is -2.54. The van der Waals surface area contributed by atoms with Crippen LogP contribution in [-0.2, 0) is 13.0 Å². The highest BCUT2D eigenvalue weighted by Crippen LogP contribution is 2.59. The molecule has 4 aliphatic carbocycles. The van der Waals surface area contributed by atoms with E-state index < -0.39 is 29.6 Å². The van der Waals surface area contributed by atoms with Gasteiger partial charge in [0.1, 0.15) is 11.5 Å². The maximum atomic E-state index is 14.5. The molecule has 4 aliphatic rings. The van der Waals surface area contributed by atoms with Gasteiger partial charge in [0.05, 0.1) is 18.2 Å². The number of rotatable bonds is 8. The summed E-state index contributed by atoms with van der Waals surface area (Å²) < 4.78 is 49.0. The quantitative estimate of drug-likeness (QED) is 0.136. The summed E-state index contributed by atoms with van der Waals surface area (Å²) in [6.07, 6.45) is 4.79. The summed E-state index contributed by atoms with van der Waals surface area (Å²) in [5, 5.41) is 26.0. The van der Waals surface area contributed by atoms with Crippen molar-refractivity contribution in [3.05, 3.63) is 119 Å². The number of hydrogen-bond donors (Lipinski definition) is 2. The minimum Gasteiger partial charge on any atom is -0.410 e. The van der Waals surface area contributed by atoms with Crippen LogP contribution >= 0.6 is 0 Å². The number of halogens is 3. The van der Waals surface area contributed by atoms with Gasteiger partial charge in [-0.2, -0.15) is 0 Å². The molecule has 0 spiro atoms. The predicted molar refractivity (Wildman–Crippen MR) is 218 cm³/mol. The van der Waals surface area contributed by atoms with Crippen LogP contribution in [0.15, 0.2) is 96.6 Å². The first-order valence-corrected chi connectivity index (χ1v) is 20.7. The monoisotopic (exact) mass is 797 g/mol. The second-order valence-electron chi connectivity index (χ2n) is 17.1. The normalized spacial score (nSPS) is 24.4. The van der Waals surface area contributed by atoms with Crippen LogP contribution in [0.2, 0.25) is 0 Å². The Morgan fingerprint density at radius 1 is 0.862 bits per heavy atom. The Kier molecular flexibility index (Phi) is 12.4. The topological polar surface area (TPSA) is 96.3 Å². The van der Waals surface area contributed by atoms with Gasteiger partial charge < -0.3 is 24.6 Å². The number of aliphatic hydroxyl groups is 2. The van der Waals surface area contributed by atoms with Gasteiger partial charge in [0.2, 0.25) is 0 Å². The number of aliphatic hydroxyl groups excluding tert-OH is 1. The zero-order valence-corrected chi connectivity index (χ0v) is 33.4. The molecule has 4 aromatic carbocycles. The lowest BCUT2D eigenvalue weighted by molar-refractivity contribution is -0.274. The van der Waals surface area contributed by atoms with Crippen LogP contribution in [0.25, 0.3) is 10.8 Å². The second kappa shape index (κ2) is 17.3. The van der Waals surface area contributed by atoms with Crippen molar-refractivity contribution in [1.29, 1.82) is 0 Å². The fourth-order valence-corrected chi connectivity index (χ4v) is 9.71. The summed E-state index contributed by atoms with van der Waals surface area (Å²) in [5.74, 6) is -0.233. The molecule has 4 atom stereocenters. The largest absolute Gasteiger partial charge is 0.573 e. The first-order chi connectivity index (χ1) is 27.7. The number of ether oxygens (including phenoxy) is 2. The van der Waals surface area contributed by atoms with Gasteiger partial charge in [-0.25, -0.2) is 4.79 Å². The molecule has 1 amide bonds. The fourth-order valence-electron chi connectivity index (χ4n) is 9.71. The Hall–Kier alpha value is -4.67. The summed E-state index contributed by atoms with van der Waals surface area (Å²) in [6.45, 7) is 3.96. The highest BCUT2D eigenvalue weighted by molar-refractivity contribution is 5.99. The summed E-state index contributed by atoms with van der Waals surface area (Å²) in [4.78, 5) is 30.2. The minimum atomic E-state index is -4.85. The standard InChI is InChI=1S/C48H54F3NO6/c1-32-9-8-25-46(2)43(41-23-17-34(27-38(53)19-14-32)28-42(41)44(54)36-11-4-3-5-12-36)24-26-47(46,56)31-52(30-33-15-20-39(21-16-33)58-48(49,50)51)45(55)57-40-22-18-35-10-6-7-13-37(35)29-40/h6-7,9-10,13,15-18,20-23,28-29,36,38,43,53,56H,3-5,8,11-12,14,19,24-27,30-31H2,1-2H3/t38-,43-,46-,47+/m0/s1. The Balaban J connectivity index is 1.26. The van der Waals surface area contributed by atoms with E-state index in [0.717, 1.165) is 66.0 Å². The molecule has 0 saturated heterocycles. The van der Waals surface area contributed by atoms with Crippen LogP contribution in [-0.4, -0.2) is 51.6 Å². The molecule has 0 aromatic heterocycles. The molecule has 2 bridgehead atoms. The number of Topliss-reactive ketones (excluding diaryl/α,β-unsaturated/α-hetero) is 1. The van der Waals surface area contributed by atoms with Gasteiger partial charge in [-0.05, 0) is 128 Å². The number of fused-ring (bicyclic) bond motifs is 9. The average molecular weight is 798 g/mol. The lowest BCUT2D eigenvalue weighted by Gasteiger charge is -2.46. The molecule has 58 heavy (non-hydrogen) atoms. The number of nitrogens with zero attached hydrogens (tertiary/aromatic N) is 1. The molecule has 2 fully saturated rings. The highest BCUT2D eigenvalue weighted by Gasteiger charge is 2.58. The summed E-state index contributed by atoms with van der Waals surface area (Å²) in [5.41, 5.74) is 1.90. The highest BCUT2D eigenvalue weighted by atomic mass is 19.4. The number of carbonyl (C=O) groups excluding carboxylic acids is 2. The predicted octanol–water partition coefficient (Wildman–Crippen LogP) is 11.2. The van der Waals surface area contributed by atoms with E-state index in [-0.39, 0.29) is 36.5 Å². The Morgan fingerprint density at radius 3 is 2.33 bits per heavy atom. The average Bonchev–Trinajstić information content (AvgIpc) is 3.45. The first kappa shape index (κ1) is 41.5. The molecule has 0 unspecified atom stereocenters. The van der Waals surface area contributed by atoms with Gasteiger partial charge in [0, 0.05) is 23.4 Å². The van der Waals surface area contributed by atoms with Crippen LogP contribution in [0.4, 0.5) is 18.0 Å². The van der Waals surface area contributed by atoms with Crippen LogP contribution in [0, 0.1) is 11.3 Å². The smallest absolute Gasteiger partial charge is 0.410 e. The van der Waals surface area contributed by atoms with Crippen LogP contribution in [0.1, 0.15) is 117 Å². The van der Waals surface area contributed by atoms with Crippen molar-refractivity contribution in [2.45, 2.75) is 121 Å². The van der Waals surface area contributed by atoms with Crippen molar-refractivity contribution in [2.75, 3.05) is 6.54 Å². The zero-order chi connectivity index (χ0) is 41.1. The number of benzene rings is 4. The molecule has 8 rings (SSSR count). The van der Waals surface area contributed by atoms with E-state index in [1.165, 1.54) is 29.2 Å². The second-order valence-corrected chi connectivity index (χ2v) is 17.1. The number of alkyl halides is 3. The van der Waals surface area contributed by atoms with Gasteiger partial charge in [0.15, 0.2) is 5.78 Å². The van der Waals surface area contributed by atoms with Crippen molar-refractivity contribution in [2.24, 2.45) is 11.3 Å². The molecule has 0 aliphatic heterocycles. The molecule has 0 radical (unpaired) electrons. The summed E-state index contributed by atoms with van der Waals surface area (Å²) in [7, 11) is 0.